The molecule has 0 radical (unpaired) electrons. The Bertz CT molecular complexity index is 628. The number of carboxylic acids is 1. The van der Waals surface area contributed by atoms with Gasteiger partial charge in [-0.2, -0.15) is 0 Å². The van der Waals surface area contributed by atoms with Crippen LogP contribution in [-0.4, -0.2) is 40.9 Å². The third-order valence-electron chi connectivity index (χ3n) is 3.42. The molecule has 0 atom stereocenters. The van der Waals surface area contributed by atoms with E-state index in [0.29, 0.717) is 17.4 Å². The molecule has 2 aromatic rings. The quantitative estimate of drug-likeness (QED) is 0.819. The fourth-order valence-electron chi connectivity index (χ4n) is 2.32. The SMILES string of the molecule is CCCCN(CCO)c1ccc2c(C(=O)O)cccc2n1. The highest BCUT2D eigenvalue weighted by atomic mass is 16.4. The first-order valence-electron chi connectivity index (χ1n) is 7.16. The molecule has 0 aliphatic rings. The Balaban J connectivity index is 2.39. The van der Waals surface area contributed by atoms with Gasteiger partial charge in [0.05, 0.1) is 17.7 Å². The van der Waals surface area contributed by atoms with Crippen LogP contribution in [0.3, 0.4) is 0 Å². The fraction of sp³-hybridized carbons (Fsp3) is 0.375. The monoisotopic (exact) mass is 288 g/mol. The molecule has 0 saturated carbocycles. The largest absolute Gasteiger partial charge is 0.478 e. The van der Waals surface area contributed by atoms with E-state index < -0.39 is 5.97 Å². The summed E-state index contributed by atoms with van der Waals surface area (Å²) < 4.78 is 0. The summed E-state index contributed by atoms with van der Waals surface area (Å²) in [5.41, 5.74) is 0.917. The maximum absolute atomic E-state index is 11.2. The zero-order valence-corrected chi connectivity index (χ0v) is 12.1. The number of pyridine rings is 1. The molecular formula is C16H20N2O3. The van der Waals surface area contributed by atoms with Crippen molar-refractivity contribution in [2.75, 3.05) is 24.6 Å². The van der Waals surface area contributed by atoms with Gasteiger partial charge in [-0.05, 0) is 30.7 Å². The van der Waals surface area contributed by atoms with Gasteiger partial charge in [-0.15, -0.1) is 0 Å². The van der Waals surface area contributed by atoms with Crippen LogP contribution in [0.25, 0.3) is 10.9 Å². The number of rotatable bonds is 7. The molecule has 0 amide bonds. The standard InChI is InChI=1S/C16H20N2O3/c1-2-3-9-18(10-11-19)15-8-7-12-13(16(20)21)5-4-6-14(12)17-15/h4-8,19H,2-3,9-11H2,1H3,(H,20,21). The lowest BCUT2D eigenvalue weighted by Gasteiger charge is -2.23. The summed E-state index contributed by atoms with van der Waals surface area (Å²) in [7, 11) is 0. The number of aliphatic hydroxyl groups excluding tert-OH is 1. The van der Waals surface area contributed by atoms with Crippen LogP contribution in [0.2, 0.25) is 0 Å². The van der Waals surface area contributed by atoms with Crippen molar-refractivity contribution >= 4 is 22.7 Å². The number of nitrogens with zero attached hydrogens (tertiary/aromatic N) is 2. The lowest BCUT2D eigenvalue weighted by atomic mass is 10.1. The molecule has 2 N–H and O–H groups in total. The topological polar surface area (TPSA) is 73.7 Å². The van der Waals surface area contributed by atoms with Gasteiger partial charge in [-0.3, -0.25) is 0 Å². The molecule has 1 aromatic heterocycles. The summed E-state index contributed by atoms with van der Waals surface area (Å²) in [6.45, 7) is 3.54. The van der Waals surface area contributed by atoms with Crippen LogP contribution in [0.5, 0.6) is 0 Å². The normalized spacial score (nSPS) is 10.8. The number of carboxylic acid groups (broad SMARTS) is 1. The zero-order chi connectivity index (χ0) is 15.2. The molecule has 1 heterocycles. The maximum atomic E-state index is 11.2. The van der Waals surface area contributed by atoms with Crippen molar-refractivity contribution in [2.45, 2.75) is 19.8 Å². The van der Waals surface area contributed by atoms with Crippen LogP contribution >= 0.6 is 0 Å². The molecule has 0 saturated heterocycles. The molecule has 0 aliphatic heterocycles. The number of anilines is 1. The van der Waals surface area contributed by atoms with Crippen molar-refractivity contribution in [2.24, 2.45) is 0 Å². The van der Waals surface area contributed by atoms with Gasteiger partial charge < -0.3 is 15.1 Å². The third-order valence-corrected chi connectivity index (χ3v) is 3.42. The summed E-state index contributed by atoms with van der Waals surface area (Å²) in [6.07, 6.45) is 2.09. The smallest absolute Gasteiger partial charge is 0.336 e. The molecule has 21 heavy (non-hydrogen) atoms. The predicted molar refractivity (Wildman–Crippen MR) is 82.9 cm³/mol. The second-order valence-electron chi connectivity index (χ2n) is 4.91. The minimum absolute atomic E-state index is 0.0681. The molecule has 0 spiro atoms. The van der Waals surface area contributed by atoms with Crippen LogP contribution in [0.4, 0.5) is 5.82 Å². The van der Waals surface area contributed by atoms with E-state index in [9.17, 15) is 15.0 Å². The second kappa shape index (κ2) is 7.04. The lowest BCUT2D eigenvalue weighted by molar-refractivity contribution is 0.0699. The molecule has 0 bridgehead atoms. The lowest BCUT2D eigenvalue weighted by Crippen LogP contribution is -2.28. The summed E-state index contributed by atoms with van der Waals surface area (Å²) in [4.78, 5) is 17.8. The Hall–Kier alpha value is -2.14. The van der Waals surface area contributed by atoms with Crippen LogP contribution in [0.1, 0.15) is 30.1 Å². The van der Waals surface area contributed by atoms with E-state index >= 15 is 0 Å². The van der Waals surface area contributed by atoms with E-state index in [0.717, 1.165) is 25.2 Å². The number of hydrogen-bond donors (Lipinski definition) is 2. The Labute approximate surface area is 123 Å². The van der Waals surface area contributed by atoms with Gasteiger partial charge in [0.25, 0.3) is 0 Å². The van der Waals surface area contributed by atoms with E-state index in [-0.39, 0.29) is 12.2 Å². The highest BCUT2D eigenvalue weighted by molar-refractivity contribution is 6.02. The van der Waals surface area contributed by atoms with E-state index in [1.807, 2.05) is 17.0 Å². The first kappa shape index (κ1) is 15.3. The summed E-state index contributed by atoms with van der Waals surface area (Å²) in [6, 6.07) is 8.69. The van der Waals surface area contributed by atoms with Crippen LogP contribution < -0.4 is 4.90 Å². The molecule has 5 nitrogen and oxygen atoms in total. The van der Waals surface area contributed by atoms with Crippen molar-refractivity contribution < 1.29 is 15.0 Å². The van der Waals surface area contributed by atoms with Crippen molar-refractivity contribution in [3.05, 3.63) is 35.9 Å². The Morgan fingerprint density at radius 3 is 2.71 bits per heavy atom. The van der Waals surface area contributed by atoms with Crippen LogP contribution in [0.15, 0.2) is 30.3 Å². The minimum atomic E-state index is -0.951. The number of fused-ring (bicyclic) bond motifs is 1. The summed E-state index contributed by atoms with van der Waals surface area (Å²) in [5.74, 6) is -0.180. The first-order chi connectivity index (χ1) is 10.2. The average molecular weight is 288 g/mol. The molecule has 5 heteroatoms. The fourth-order valence-corrected chi connectivity index (χ4v) is 2.32. The molecule has 0 unspecified atom stereocenters. The molecule has 0 fully saturated rings. The van der Waals surface area contributed by atoms with Gasteiger partial charge in [0.1, 0.15) is 5.82 Å². The molecule has 1 aromatic carbocycles. The molecule has 2 rings (SSSR count). The average Bonchev–Trinajstić information content (AvgIpc) is 2.50. The van der Waals surface area contributed by atoms with E-state index in [1.165, 1.54) is 0 Å². The van der Waals surface area contributed by atoms with Crippen molar-refractivity contribution in [3.63, 3.8) is 0 Å². The van der Waals surface area contributed by atoms with Crippen molar-refractivity contribution in [1.82, 2.24) is 4.98 Å². The van der Waals surface area contributed by atoms with Crippen molar-refractivity contribution in [1.29, 1.82) is 0 Å². The van der Waals surface area contributed by atoms with Gasteiger partial charge in [-0.25, -0.2) is 9.78 Å². The first-order valence-corrected chi connectivity index (χ1v) is 7.16. The Morgan fingerprint density at radius 1 is 1.24 bits per heavy atom. The van der Waals surface area contributed by atoms with Gasteiger partial charge >= 0.3 is 5.97 Å². The highest BCUT2D eigenvalue weighted by Crippen LogP contribution is 2.21. The van der Waals surface area contributed by atoms with Crippen LogP contribution in [0, 0.1) is 0 Å². The number of benzene rings is 1. The van der Waals surface area contributed by atoms with E-state index in [1.54, 1.807) is 18.2 Å². The third kappa shape index (κ3) is 3.49. The van der Waals surface area contributed by atoms with Crippen LogP contribution in [-0.2, 0) is 0 Å². The van der Waals surface area contributed by atoms with Crippen molar-refractivity contribution in [3.8, 4) is 0 Å². The number of hydrogen-bond acceptors (Lipinski definition) is 4. The van der Waals surface area contributed by atoms with E-state index in [2.05, 4.69) is 11.9 Å². The molecular weight excluding hydrogens is 268 g/mol. The number of aromatic carboxylic acids is 1. The summed E-state index contributed by atoms with van der Waals surface area (Å²) in [5, 5.41) is 19.0. The number of unbranched alkanes of at least 4 members (excludes halogenated alkanes) is 1. The Morgan fingerprint density at radius 2 is 2.05 bits per heavy atom. The highest BCUT2D eigenvalue weighted by Gasteiger charge is 2.12. The number of aliphatic hydroxyl groups is 1. The van der Waals surface area contributed by atoms with Gasteiger partial charge in [-0.1, -0.05) is 19.4 Å². The zero-order valence-electron chi connectivity index (χ0n) is 12.1. The van der Waals surface area contributed by atoms with Gasteiger partial charge in [0.15, 0.2) is 0 Å². The maximum Gasteiger partial charge on any atom is 0.336 e. The predicted octanol–water partition coefficient (Wildman–Crippen LogP) is 2.53. The number of carbonyl (C=O) groups is 1. The minimum Gasteiger partial charge on any atom is -0.478 e. The summed E-state index contributed by atoms with van der Waals surface area (Å²) >= 11 is 0. The Kier molecular flexibility index (Phi) is 5.11. The number of aromatic nitrogens is 1. The molecule has 0 aliphatic carbocycles. The second-order valence-corrected chi connectivity index (χ2v) is 4.91. The van der Waals surface area contributed by atoms with Gasteiger partial charge in [0.2, 0.25) is 0 Å². The van der Waals surface area contributed by atoms with E-state index in [4.69, 9.17) is 0 Å². The molecule has 112 valence electrons. The van der Waals surface area contributed by atoms with Gasteiger partial charge in [0, 0.05) is 18.5 Å².